The molecule has 1 unspecified atom stereocenters. The maximum Gasteiger partial charge on any atom is 0.263 e. The fourth-order valence-corrected chi connectivity index (χ4v) is 2.70. The monoisotopic (exact) mass is 352 g/mol. The fraction of sp³-hybridized carbons (Fsp3) is 0.188. The van der Waals surface area contributed by atoms with Gasteiger partial charge in [0.2, 0.25) is 0 Å². The van der Waals surface area contributed by atoms with Crippen molar-refractivity contribution in [2.45, 2.75) is 19.0 Å². The van der Waals surface area contributed by atoms with E-state index in [2.05, 4.69) is 15.9 Å². The molecule has 2 aromatic carbocycles. The first kappa shape index (κ1) is 14.2. The zero-order chi connectivity index (χ0) is 15.0. The van der Waals surface area contributed by atoms with Crippen LogP contribution in [-0.4, -0.2) is 5.78 Å². The molecule has 21 heavy (non-hydrogen) atoms. The number of halogens is 3. The predicted molar refractivity (Wildman–Crippen MR) is 77.9 cm³/mol. The lowest BCUT2D eigenvalue weighted by molar-refractivity contribution is 0.0849. The Morgan fingerprint density at radius 2 is 1.86 bits per heavy atom. The summed E-state index contributed by atoms with van der Waals surface area (Å²) in [6, 6.07) is 11.2. The van der Waals surface area contributed by atoms with Crippen LogP contribution in [0.1, 0.15) is 40.4 Å². The SMILES string of the molecule is O=C1CC(c2ccc(C(F)F)cc2)Oc2ccc(Br)cc21. The van der Waals surface area contributed by atoms with E-state index in [1.165, 1.54) is 12.1 Å². The molecule has 108 valence electrons. The Hall–Kier alpha value is -1.75. The zero-order valence-corrected chi connectivity index (χ0v) is 12.4. The van der Waals surface area contributed by atoms with Crippen molar-refractivity contribution in [1.29, 1.82) is 0 Å². The van der Waals surface area contributed by atoms with Crippen molar-refractivity contribution in [3.8, 4) is 5.75 Å². The van der Waals surface area contributed by atoms with Crippen LogP contribution in [-0.2, 0) is 0 Å². The molecule has 0 bridgehead atoms. The van der Waals surface area contributed by atoms with Crippen molar-refractivity contribution in [1.82, 2.24) is 0 Å². The van der Waals surface area contributed by atoms with Gasteiger partial charge in [-0.3, -0.25) is 4.79 Å². The molecule has 0 saturated heterocycles. The van der Waals surface area contributed by atoms with Crippen LogP contribution in [0.2, 0.25) is 0 Å². The first-order valence-corrected chi connectivity index (χ1v) is 7.21. The van der Waals surface area contributed by atoms with E-state index in [9.17, 15) is 13.6 Å². The van der Waals surface area contributed by atoms with Crippen LogP contribution in [0.25, 0.3) is 0 Å². The van der Waals surface area contributed by atoms with Gasteiger partial charge in [0.1, 0.15) is 11.9 Å². The molecule has 0 saturated carbocycles. The van der Waals surface area contributed by atoms with Crippen LogP contribution >= 0.6 is 15.9 Å². The van der Waals surface area contributed by atoms with Crippen LogP contribution in [0.3, 0.4) is 0 Å². The summed E-state index contributed by atoms with van der Waals surface area (Å²) in [4.78, 5) is 12.2. The Bertz CT molecular complexity index is 683. The summed E-state index contributed by atoms with van der Waals surface area (Å²) in [6.45, 7) is 0. The number of carbonyl (C=O) groups is 1. The van der Waals surface area contributed by atoms with Gasteiger partial charge in [-0.05, 0) is 23.8 Å². The number of ether oxygens (including phenoxy) is 1. The van der Waals surface area contributed by atoms with Crippen molar-refractivity contribution >= 4 is 21.7 Å². The van der Waals surface area contributed by atoms with Gasteiger partial charge < -0.3 is 4.74 Å². The van der Waals surface area contributed by atoms with Crippen LogP contribution in [0.4, 0.5) is 8.78 Å². The maximum absolute atomic E-state index is 12.5. The molecule has 0 fully saturated rings. The van der Waals surface area contributed by atoms with Crippen molar-refractivity contribution in [3.05, 3.63) is 63.6 Å². The molecule has 1 atom stereocenters. The second kappa shape index (κ2) is 5.56. The summed E-state index contributed by atoms with van der Waals surface area (Å²) in [5.74, 6) is 0.512. The highest BCUT2D eigenvalue weighted by atomic mass is 79.9. The van der Waals surface area contributed by atoms with E-state index in [-0.39, 0.29) is 17.8 Å². The highest BCUT2D eigenvalue weighted by Gasteiger charge is 2.27. The summed E-state index contributed by atoms with van der Waals surface area (Å²) < 4.78 is 31.7. The standard InChI is InChI=1S/C16H11BrF2O2/c17-11-5-6-14-12(7-11)13(20)8-15(21-14)9-1-3-10(4-2-9)16(18)19/h1-7,15-16H,8H2. The van der Waals surface area contributed by atoms with Gasteiger partial charge in [0.15, 0.2) is 5.78 Å². The first-order chi connectivity index (χ1) is 10.0. The zero-order valence-electron chi connectivity index (χ0n) is 10.9. The van der Waals surface area contributed by atoms with E-state index in [1.807, 2.05) is 0 Å². The Morgan fingerprint density at radius 1 is 1.14 bits per heavy atom. The van der Waals surface area contributed by atoms with Crippen LogP contribution in [0.5, 0.6) is 5.75 Å². The summed E-state index contributed by atoms with van der Waals surface area (Å²) >= 11 is 3.32. The molecular formula is C16H11BrF2O2. The Morgan fingerprint density at radius 3 is 2.52 bits per heavy atom. The van der Waals surface area contributed by atoms with Crippen LogP contribution in [0, 0.1) is 0 Å². The summed E-state index contributed by atoms with van der Waals surface area (Å²) in [5, 5.41) is 0. The van der Waals surface area contributed by atoms with Gasteiger partial charge >= 0.3 is 0 Å². The van der Waals surface area contributed by atoms with Gasteiger partial charge in [-0.15, -0.1) is 0 Å². The highest BCUT2D eigenvalue weighted by Crippen LogP contribution is 2.36. The van der Waals surface area contributed by atoms with E-state index >= 15 is 0 Å². The minimum Gasteiger partial charge on any atom is -0.484 e. The minimum absolute atomic E-state index is 0.0134. The molecule has 3 rings (SSSR count). The number of benzene rings is 2. The topological polar surface area (TPSA) is 26.3 Å². The third kappa shape index (κ3) is 2.83. The van der Waals surface area contributed by atoms with Gasteiger partial charge in [-0.1, -0.05) is 40.2 Å². The molecule has 0 radical (unpaired) electrons. The number of alkyl halides is 2. The summed E-state index contributed by atoms with van der Waals surface area (Å²) in [7, 11) is 0. The quantitative estimate of drug-likeness (QED) is 0.752. The molecular weight excluding hydrogens is 342 g/mol. The van der Waals surface area contributed by atoms with Crippen LogP contribution < -0.4 is 4.74 Å². The number of hydrogen-bond acceptors (Lipinski definition) is 2. The van der Waals surface area contributed by atoms with E-state index in [1.54, 1.807) is 30.3 Å². The van der Waals surface area contributed by atoms with Gasteiger partial charge in [-0.2, -0.15) is 0 Å². The highest BCUT2D eigenvalue weighted by molar-refractivity contribution is 9.10. The van der Waals surface area contributed by atoms with Gasteiger partial charge in [0.25, 0.3) is 6.43 Å². The largest absolute Gasteiger partial charge is 0.484 e. The number of hydrogen-bond donors (Lipinski definition) is 0. The minimum atomic E-state index is -2.49. The molecule has 2 aromatic rings. The molecule has 1 heterocycles. The summed E-state index contributed by atoms with van der Waals surface area (Å²) in [5.41, 5.74) is 1.23. The molecule has 1 aliphatic rings. The second-order valence-corrected chi connectivity index (χ2v) is 5.76. The van der Waals surface area contributed by atoms with Crippen molar-refractivity contribution in [2.75, 3.05) is 0 Å². The molecule has 1 aliphatic heterocycles. The Labute approximate surface area is 128 Å². The Kier molecular flexibility index (Phi) is 3.76. The average Bonchev–Trinajstić information content (AvgIpc) is 2.48. The second-order valence-electron chi connectivity index (χ2n) is 4.84. The van der Waals surface area contributed by atoms with Crippen molar-refractivity contribution < 1.29 is 18.3 Å². The number of rotatable bonds is 2. The molecule has 0 aromatic heterocycles. The van der Waals surface area contributed by atoms with Crippen molar-refractivity contribution in [2.24, 2.45) is 0 Å². The molecule has 0 spiro atoms. The van der Waals surface area contributed by atoms with E-state index < -0.39 is 12.5 Å². The first-order valence-electron chi connectivity index (χ1n) is 6.42. The van der Waals surface area contributed by atoms with E-state index in [4.69, 9.17) is 4.74 Å². The molecule has 2 nitrogen and oxygen atoms in total. The normalized spacial score (nSPS) is 17.5. The number of fused-ring (bicyclic) bond motifs is 1. The number of carbonyl (C=O) groups excluding carboxylic acids is 1. The lowest BCUT2D eigenvalue weighted by Crippen LogP contribution is -2.20. The van der Waals surface area contributed by atoms with Crippen LogP contribution in [0.15, 0.2) is 46.9 Å². The molecule has 5 heteroatoms. The number of ketones is 1. The molecule has 0 N–H and O–H groups in total. The Balaban J connectivity index is 1.88. The number of Topliss-reactive ketones (excluding diaryl/α,β-unsaturated/α-hetero) is 1. The molecule has 0 amide bonds. The lowest BCUT2D eigenvalue weighted by Gasteiger charge is -2.25. The maximum atomic E-state index is 12.5. The third-order valence-electron chi connectivity index (χ3n) is 3.44. The van der Waals surface area contributed by atoms with E-state index in [0.29, 0.717) is 11.3 Å². The molecule has 0 aliphatic carbocycles. The third-order valence-corrected chi connectivity index (χ3v) is 3.94. The van der Waals surface area contributed by atoms with E-state index in [0.717, 1.165) is 10.0 Å². The predicted octanol–water partition coefficient (Wildman–Crippen LogP) is 5.09. The van der Waals surface area contributed by atoms with Gasteiger partial charge in [0.05, 0.1) is 12.0 Å². The smallest absolute Gasteiger partial charge is 0.263 e. The fourth-order valence-electron chi connectivity index (χ4n) is 2.34. The lowest BCUT2D eigenvalue weighted by atomic mass is 9.96. The van der Waals surface area contributed by atoms with Gasteiger partial charge in [0, 0.05) is 10.0 Å². The average molecular weight is 353 g/mol. The summed E-state index contributed by atoms with van der Waals surface area (Å²) in [6.07, 6.45) is -2.72. The van der Waals surface area contributed by atoms with Gasteiger partial charge in [-0.25, -0.2) is 8.78 Å². The van der Waals surface area contributed by atoms with Crippen molar-refractivity contribution in [3.63, 3.8) is 0 Å².